The molecule has 1 saturated heterocycles. The molecule has 0 bridgehead atoms. The molecule has 3 heterocycles. The zero-order chi connectivity index (χ0) is 22.8. The molecule has 1 aliphatic rings. The number of aryl methyl sites for hydroxylation is 1. The van der Waals surface area contributed by atoms with E-state index in [-0.39, 0.29) is 0 Å². The van der Waals surface area contributed by atoms with Crippen molar-refractivity contribution in [1.82, 2.24) is 19.9 Å². The van der Waals surface area contributed by atoms with Crippen molar-refractivity contribution < 1.29 is 13.7 Å². The Morgan fingerprint density at radius 3 is 2.52 bits per heavy atom. The number of benzene rings is 2. The second kappa shape index (κ2) is 8.60. The monoisotopic (exact) mass is 443 g/mol. The Morgan fingerprint density at radius 2 is 1.82 bits per heavy atom. The van der Waals surface area contributed by atoms with Gasteiger partial charge in [0.25, 0.3) is 5.89 Å². The second-order valence-electron chi connectivity index (χ2n) is 8.22. The van der Waals surface area contributed by atoms with Crippen molar-refractivity contribution in [3.8, 4) is 29.0 Å². The molecule has 5 rings (SSSR count). The number of aromatic nitrogens is 4. The molecule has 0 amide bonds. The highest BCUT2D eigenvalue weighted by atomic mass is 19.1. The fourth-order valence-corrected chi connectivity index (χ4v) is 3.98. The molecule has 0 atom stereocenters. The Bertz CT molecular complexity index is 1300. The fourth-order valence-electron chi connectivity index (χ4n) is 3.98. The van der Waals surface area contributed by atoms with Crippen LogP contribution in [-0.4, -0.2) is 33.1 Å². The first-order valence-electron chi connectivity index (χ1n) is 10.8. The topological polar surface area (TPSA) is 89.8 Å². The van der Waals surface area contributed by atoms with Crippen molar-refractivity contribution in [1.29, 1.82) is 5.26 Å². The number of nitrogens with zero attached hydrogens (tertiary/aromatic N) is 5. The maximum Gasteiger partial charge on any atom is 0.278 e. The van der Waals surface area contributed by atoms with Crippen LogP contribution in [0.15, 0.2) is 59.1 Å². The molecular formula is C25H22FN5O2. The largest absolute Gasteiger partial charge is 0.381 e. The Labute approximate surface area is 190 Å². The minimum Gasteiger partial charge on any atom is -0.381 e. The van der Waals surface area contributed by atoms with E-state index in [4.69, 9.17) is 14.5 Å². The molecule has 0 N–H and O–H groups in total. The molecule has 1 fully saturated rings. The Morgan fingerprint density at radius 1 is 1.09 bits per heavy atom. The van der Waals surface area contributed by atoms with E-state index in [1.807, 2.05) is 41.9 Å². The molecule has 1 aliphatic heterocycles. The van der Waals surface area contributed by atoms with Crippen LogP contribution in [0, 0.1) is 18.3 Å². The van der Waals surface area contributed by atoms with Gasteiger partial charge in [0.2, 0.25) is 5.82 Å². The summed E-state index contributed by atoms with van der Waals surface area (Å²) >= 11 is 0. The van der Waals surface area contributed by atoms with Crippen LogP contribution >= 0.6 is 0 Å². The highest BCUT2D eigenvalue weighted by Gasteiger charge is 2.34. The van der Waals surface area contributed by atoms with Gasteiger partial charge in [-0.1, -0.05) is 41.6 Å². The minimum atomic E-state index is -1.35. The van der Waals surface area contributed by atoms with Gasteiger partial charge in [0.1, 0.15) is 5.67 Å². The molecule has 0 radical (unpaired) electrons. The van der Waals surface area contributed by atoms with Gasteiger partial charge in [-0.2, -0.15) is 15.3 Å². The summed E-state index contributed by atoms with van der Waals surface area (Å²) in [6, 6.07) is 18.6. The quantitative estimate of drug-likeness (QED) is 0.440. The lowest BCUT2D eigenvalue weighted by Crippen LogP contribution is -2.29. The van der Waals surface area contributed by atoms with Crippen LogP contribution in [0.4, 0.5) is 4.39 Å². The van der Waals surface area contributed by atoms with Crippen molar-refractivity contribution in [2.75, 3.05) is 13.2 Å². The smallest absolute Gasteiger partial charge is 0.278 e. The number of hydrogen-bond acceptors (Lipinski definition) is 6. The van der Waals surface area contributed by atoms with Crippen LogP contribution < -0.4 is 0 Å². The molecule has 33 heavy (non-hydrogen) atoms. The molecule has 4 aromatic rings. The van der Waals surface area contributed by atoms with Crippen LogP contribution in [0.2, 0.25) is 0 Å². The predicted octanol–water partition coefficient (Wildman–Crippen LogP) is 4.80. The van der Waals surface area contributed by atoms with E-state index >= 15 is 4.39 Å². The number of nitriles is 1. The van der Waals surface area contributed by atoms with E-state index in [0.717, 1.165) is 16.8 Å². The molecule has 2 aromatic carbocycles. The summed E-state index contributed by atoms with van der Waals surface area (Å²) in [5.41, 5.74) is 3.24. The number of alkyl halides is 1. The maximum atomic E-state index is 15.1. The summed E-state index contributed by atoms with van der Waals surface area (Å²) in [7, 11) is 0. The Balaban J connectivity index is 1.33. The van der Waals surface area contributed by atoms with Crippen molar-refractivity contribution >= 4 is 0 Å². The van der Waals surface area contributed by atoms with E-state index in [2.05, 4.69) is 21.3 Å². The van der Waals surface area contributed by atoms with Crippen LogP contribution in [-0.2, 0) is 17.0 Å². The van der Waals surface area contributed by atoms with E-state index < -0.39 is 5.67 Å². The number of halogens is 1. The summed E-state index contributed by atoms with van der Waals surface area (Å²) in [5.74, 6) is 0.748. The summed E-state index contributed by atoms with van der Waals surface area (Å²) in [4.78, 5) is 4.49. The highest BCUT2D eigenvalue weighted by molar-refractivity contribution is 5.58. The molecule has 2 aromatic heterocycles. The van der Waals surface area contributed by atoms with E-state index in [1.165, 1.54) is 0 Å². The van der Waals surface area contributed by atoms with Gasteiger partial charge in [0.05, 0.1) is 18.2 Å². The lowest BCUT2D eigenvalue weighted by molar-refractivity contribution is -0.0114. The van der Waals surface area contributed by atoms with Crippen molar-refractivity contribution in [2.45, 2.75) is 32.0 Å². The second-order valence-corrected chi connectivity index (χ2v) is 8.22. The van der Waals surface area contributed by atoms with Gasteiger partial charge in [-0.25, -0.2) is 4.39 Å². The van der Waals surface area contributed by atoms with Gasteiger partial charge < -0.3 is 9.26 Å². The van der Waals surface area contributed by atoms with Crippen molar-refractivity contribution in [3.63, 3.8) is 0 Å². The average Bonchev–Trinajstić information content (AvgIpc) is 3.47. The first kappa shape index (κ1) is 21.0. The normalized spacial score (nSPS) is 15.3. The number of hydrogen-bond donors (Lipinski definition) is 0. The van der Waals surface area contributed by atoms with Crippen LogP contribution in [0.25, 0.3) is 23.0 Å². The number of rotatable bonds is 5. The summed E-state index contributed by atoms with van der Waals surface area (Å²) in [5, 5.41) is 17.6. The fraction of sp³-hybridized carbons (Fsp3) is 0.280. The molecular weight excluding hydrogens is 421 g/mol. The Kier molecular flexibility index (Phi) is 5.48. The van der Waals surface area contributed by atoms with Crippen molar-refractivity contribution in [2.24, 2.45) is 0 Å². The van der Waals surface area contributed by atoms with E-state index in [9.17, 15) is 0 Å². The summed E-state index contributed by atoms with van der Waals surface area (Å²) in [6.07, 6.45) is 0.729. The Hall–Kier alpha value is -3.83. The molecule has 0 unspecified atom stereocenters. The maximum absolute atomic E-state index is 15.1. The number of ether oxygens (including phenoxy) is 1. The molecule has 8 heteroatoms. The molecule has 7 nitrogen and oxygen atoms in total. The van der Waals surface area contributed by atoms with Gasteiger partial charge in [-0.05, 0) is 36.2 Å². The van der Waals surface area contributed by atoms with Gasteiger partial charge >= 0.3 is 0 Å². The van der Waals surface area contributed by atoms with Crippen molar-refractivity contribution in [3.05, 3.63) is 77.0 Å². The zero-order valence-corrected chi connectivity index (χ0v) is 18.2. The zero-order valence-electron chi connectivity index (χ0n) is 18.2. The standard InChI is InChI=1S/C25H22FN5O2/c1-17-14-22(29-31(17)16-19-4-2-18(15-27)3-5-19)24-28-23(30-33-24)20-6-8-21(9-7-20)25(26)10-12-32-13-11-25/h2-9,14H,10-13,16H2,1H3. The molecule has 166 valence electrons. The third kappa shape index (κ3) is 4.28. The van der Waals surface area contributed by atoms with Gasteiger partial charge in [-0.15, -0.1) is 0 Å². The molecule has 0 saturated carbocycles. The van der Waals surface area contributed by atoms with Gasteiger partial charge in [0, 0.05) is 37.3 Å². The van der Waals surface area contributed by atoms with E-state index in [1.54, 1.807) is 24.3 Å². The summed E-state index contributed by atoms with van der Waals surface area (Å²) in [6.45, 7) is 3.39. The first-order chi connectivity index (χ1) is 16.0. The lowest BCUT2D eigenvalue weighted by Gasteiger charge is -2.29. The highest BCUT2D eigenvalue weighted by Crippen LogP contribution is 2.37. The average molecular weight is 443 g/mol. The first-order valence-corrected chi connectivity index (χ1v) is 10.8. The predicted molar refractivity (Wildman–Crippen MR) is 119 cm³/mol. The minimum absolute atomic E-state index is 0.321. The lowest BCUT2D eigenvalue weighted by atomic mass is 9.88. The van der Waals surface area contributed by atoms with Crippen LogP contribution in [0.5, 0.6) is 0 Å². The third-order valence-corrected chi connectivity index (χ3v) is 5.99. The third-order valence-electron chi connectivity index (χ3n) is 5.99. The molecule has 0 spiro atoms. The van der Waals surface area contributed by atoms with E-state index in [0.29, 0.717) is 61.1 Å². The SMILES string of the molecule is Cc1cc(-c2nc(-c3ccc(C4(F)CCOCC4)cc3)no2)nn1Cc1ccc(C#N)cc1. The van der Waals surface area contributed by atoms with Crippen LogP contribution in [0.3, 0.4) is 0 Å². The summed E-state index contributed by atoms with van der Waals surface area (Å²) < 4.78 is 27.7. The van der Waals surface area contributed by atoms with Crippen LogP contribution in [0.1, 0.15) is 35.2 Å². The van der Waals surface area contributed by atoms with Gasteiger partial charge in [0.15, 0.2) is 5.69 Å². The molecule has 0 aliphatic carbocycles. The van der Waals surface area contributed by atoms with Gasteiger partial charge in [-0.3, -0.25) is 4.68 Å².